The molecule has 1 amide bonds. The van der Waals surface area contributed by atoms with Gasteiger partial charge in [-0.1, -0.05) is 12.2 Å². The number of amides is 1. The van der Waals surface area contributed by atoms with Gasteiger partial charge < -0.3 is 10.2 Å². The molecule has 0 fully saturated rings. The van der Waals surface area contributed by atoms with Crippen LogP contribution in [0.4, 0.5) is 0 Å². The van der Waals surface area contributed by atoms with E-state index in [1.54, 1.807) is 0 Å². The lowest BCUT2D eigenvalue weighted by atomic mass is 9.94. The van der Waals surface area contributed by atoms with E-state index in [4.69, 9.17) is 0 Å². The van der Waals surface area contributed by atoms with Crippen LogP contribution in [-0.4, -0.2) is 43.8 Å². The number of hydrogen-bond donors (Lipinski definition) is 1. The Kier molecular flexibility index (Phi) is 5.10. The van der Waals surface area contributed by atoms with E-state index in [0.717, 1.165) is 6.54 Å². The monoisotopic (exact) mass is 236 g/mol. The van der Waals surface area contributed by atoms with Crippen LogP contribution in [0.3, 0.4) is 0 Å². The maximum absolute atomic E-state index is 11.9. The second-order valence-electron chi connectivity index (χ2n) is 4.45. The van der Waals surface area contributed by atoms with Crippen molar-refractivity contribution >= 4 is 11.7 Å². The first kappa shape index (κ1) is 13.6. The van der Waals surface area contributed by atoms with E-state index in [-0.39, 0.29) is 11.7 Å². The number of allylic oxidation sites excluding steroid dienone is 3. The van der Waals surface area contributed by atoms with Crippen LogP contribution in [-0.2, 0) is 9.59 Å². The fourth-order valence-corrected chi connectivity index (χ4v) is 1.73. The highest BCUT2D eigenvalue weighted by atomic mass is 16.2. The maximum atomic E-state index is 11.9. The molecule has 0 atom stereocenters. The zero-order valence-corrected chi connectivity index (χ0v) is 10.7. The Morgan fingerprint density at radius 3 is 2.35 bits per heavy atom. The Morgan fingerprint density at radius 2 is 1.82 bits per heavy atom. The number of Topliss-reactive ketones (excluding diaryl/α,β-unsaturated/α-hetero) is 1. The highest BCUT2D eigenvalue weighted by molar-refractivity contribution is 6.05. The number of likely N-dealkylation sites (N-methyl/N-ethyl adjacent to an activating group) is 1. The third kappa shape index (κ3) is 4.15. The molecular weight excluding hydrogens is 216 g/mol. The number of rotatable bonds is 5. The number of carbonyl (C=O) groups excluding carboxylic acids is 2. The van der Waals surface area contributed by atoms with Crippen LogP contribution in [0.2, 0.25) is 0 Å². The first-order valence-corrected chi connectivity index (χ1v) is 5.83. The van der Waals surface area contributed by atoms with Crippen molar-refractivity contribution < 1.29 is 9.59 Å². The molecule has 0 aliphatic heterocycles. The van der Waals surface area contributed by atoms with Gasteiger partial charge in [0.1, 0.15) is 0 Å². The van der Waals surface area contributed by atoms with Crippen LogP contribution in [0.5, 0.6) is 0 Å². The Hall–Kier alpha value is -1.42. The highest BCUT2D eigenvalue weighted by Crippen LogP contribution is 2.20. The smallest absolute Gasteiger partial charge is 0.247 e. The largest absolute Gasteiger partial charge is 0.351 e. The summed E-state index contributed by atoms with van der Waals surface area (Å²) in [4.78, 5) is 25.3. The lowest BCUT2D eigenvalue weighted by Gasteiger charge is -2.15. The average molecular weight is 236 g/mol. The van der Waals surface area contributed by atoms with Gasteiger partial charge in [0.25, 0.3) is 0 Å². The quantitative estimate of drug-likeness (QED) is 0.722. The standard InChI is InChI=1S/C13H20N2O2/c1-10(16)11-6-4-5-7-12(11)13(17)14-8-9-15(2)3/h4-5H,6-9H2,1-3H3,(H,14,17). The Balaban J connectivity index is 2.62. The summed E-state index contributed by atoms with van der Waals surface area (Å²) in [6.45, 7) is 2.91. The molecule has 0 saturated carbocycles. The molecule has 0 unspecified atom stereocenters. The summed E-state index contributed by atoms with van der Waals surface area (Å²) in [5.41, 5.74) is 1.27. The van der Waals surface area contributed by atoms with Crippen molar-refractivity contribution in [3.63, 3.8) is 0 Å². The minimum atomic E-state index is -0.110. The second kappa shape index (κ2) is 6.35. The Labute approximate surface area is 102 Å². The van der Waals surface area contributed by atoms with Gasteiger partial charge in [0.15, 0.2) is 5.78 Å². The van der Waals surface area contributed by atoms with Gasteiger partial charge in [0, 0.05) is 24.2 Å². The number of hydrogen-bond acceptors (Lipinski definition) is 3. The summed E-state index contributed by atoms with van der Waals surface area (Å²) in [7, 11) is 3.91. The summed E-state index contributed by atoms with van der Waals surface area (Å²) in [5.74, 6) is -0.117. The SMILES string of the molecule is CC(=O)C1=C(C(=O)NCCN(C)C)CC=CC1. The predicted molar refractivity (Wildman–Crippen MR) is 67.6 cm³/mol. The molecule has 4 nitrogen and oxygen atoms in total. The van der Waals surface area contributed by atoms with Crippen molar-refractivity contribution in [1.82, 2.24) is 10.2 Å². The zero-order chi connectivity index (χ0) is 12.8. The fraction of sp³-hybridized carbons (Fsp3) is 0.538. The summed E-state index contributed by atoms with van der Waals surface area (Å²) < 4.78 is 0. The summed E-state index contributed by atoms with van der Waals surface area (Å²) in [6.07, 6.45) is 5.01. The van der Waals surface area contributed by atoms with Gasteiger partial charge in [0.05, 0.1) is 0 Å². The maximum Gasteiger partial charge on any atom is 0.247 e. The van der Waals surface area contributed by atoms with Crippen molar-refractivity contribution in [3.05, 3.63) is 23.3 Å². The number of carbonyl (C=O) groups is 2. The van der Waals surface area contributed by atoms with E-state index in [2.05, 4.69) is 5.32 Å². The second-order valence-corrected chi connectivity index (χ2v) is 4.45. The normalized spacial score (nSPS) is 15.3. The van der Waals surface area contributed by atoms with E-state index >= 15 is 0 Å². The third-order valence-corrected chi connectivity index (χ3v) is 2.72. The highest BCUT2D eigenvalue weighted by Gasteiger charge is 2.18. The van der Waals surface area contributed by atoms with E-state index in [1.165, 1.54) is 6.92 Å². The van der Waals surface area contributed by atoms with Gasteiger partial charge in [-0.3, -0.25) is 9.59 Å². The van der Waals surface area contributed by atoms with E-state index in [9.17, 15) is 9.59 Å². The summed E-state index contributed by atoms with van der Waals surface area (Å²) in [5, 5.41) is 2.84. The lowest BCUT2D eigenvalue weighted by Crippen LogP contribution is -2.33. The molecule has 1 N–H and O–H groups in total. The van der Waals surface area contributed by atoms with Gasteiger partial charge in [-0.2, -0.15) is 0 Å². The average Bonchev–Trinajstić information content (AvgIpc) is 2.28. The summed E-state index contributed by atoms with van der Waals surface area (Å²) in [6, 6.07) is 0. The molecule has 0 bridgehead atoms. The Bertz CT molecular complexity index is 368. The van der Waals surface area contributed by atoms with Crippen LogP contribution in [0, 0.1) is 0 Å². The molecule has 0 aromatic heterocycles. The first-order chi connectivity index (χ1) is 8.02. The molecule has 17 heavy (non-hydrogen) atoms. The van der Waals surface area contributed by atoms with Crippen LogP contribution < -0.4 is 5.32 Å². The molecule has 4 heteroatoms. The van der Waals surface area contributed by atoms with Gasteiger partial charge in [-0.05, 0) is 33.9 Å². The van der Waals surface area contributed by atoms with E-state index in [1.807, 2.05) is 31.1 Å². The van der Waals surface area contributed by atoms with Crippen LogP contribution in [0.1, 0.15) is 19.8 Å². The first-order valence-electron chi connectivity index (χ1n) is 5.83. The molecule has 0 aromatic carbocycles. The molecular formula is C13H20N2O2. The molecule has 0 spiro atoms. The van der Waals surface area contributed by atoms with Crippen molar-refractivity contribution in [2.75, 3.05) is 27.2 Å². The fourth-order valence-electron chi connectivity index (χ4n) is 1.73. The summed E-state index contributed by atoms with van der Waals surface area (Å²) >= 11 is 0. The number of nitrogens with zero attached hydrogens (tertiary/aromatic N) is 1. The zero-order valence-electron chi connectivity index (χ0n) is 10.7. The van der Waals surface area contributed by atoms with Crippen molar-refractivity contribution in [2.24, 2.45) is 0 Å². The minimum absolute atomic E-state index is 0.00731. The molecule has 0 radical (unpaired) electrons. The lowest BCUT2D eigenvalue weighted by molar-refractivity contribution is -0.119. The van der Waals surface area contributed by atoms with E-state index < -0.39 is 0 Å². The molecule has 0 saturated heterocycles. The molecule has 0 aromatic rings. The Morgan fingerprint density at radius 1 is 1.24 bits per heavy atom. The number of nitrogens with one attached hydrogen (secondary N) is 1. The predicted octanol–water partition coefficient (Wildman–Crippen LogP) is 0.900. The van der Waals surface area contributed by atoms with Crippen molar-refractivity contribution in [2.45, 2.75) is 19.8 Å². The third-order valence-electron chi connectivity index (χ3n) is 2.72. The van der Waals surface area contributed by atoms with Crippen LogP contribution in [0.15, 0.2) is 23.3 Å². The topological polar surface area (TPSA) is 49.4 Å². The van der Waals surface area contributed by atoms with Gasteiger partial charge >= 0.3 is 0 Å². The van der Waals surface area contributed by atoms with E-state index in [0.29, 0.717) is 30.5 Å². The molecule has 1 aliphatic rings. The van der Waals surface area contributed by atoms with Gasteiger partial charge in [-0.25, -0.2) is 0 Å². The van der Waals surface area contributed by atoms with Crippen molar-refractivity contribution in [1.29, 1.82) is 0 Å². The van der Waals surface area contributed by atoms with Crippen LogP contribution in [0.25, 0.3) is 0 Å². The van der Waals surface area contributed by atoms with Gasteiger partial charge in [-0.15, -0.1) is 0 Å². The molecule has 94 valence electrons. The van der Waals surface area contributed by atoms with Crippen LogP contribution >= 0.6 is 0 Å². The van der Waals surface area contributed by atoms with Crippen molar-refractivity contribution in [3.8, 4) is 0 Å². The molecule has 0 heterocycles. The minimum Gasteiger partial charge on any atom is -0.351 e. The molecule has 1 aliphatic carbocycles. The molecule has 1 rings (SSSR count). The van der Waals surface area contributed by atoms with Gasteiger partial charge in [0.2, 0.25) is 5.91 Å². The number of ketones is 1.